The van der Waals surface area contributed by atoms with E-state index in [0.29, 0.717) is 33.9 Å². The molecular formula is C20H20ClN3O3S. The number of nitrogens with one attached hydrogen (secondary N) is 1. The Labute approximate surface area is 172 Å². The van der Waals surface area contributed by atoms with Crippen LogP contribution < -0.4 is 10.1 Å². The van der Waals surface area contributed by atoms with Crippen LogP contribution in [0.4, 0.5) is 5.69 Å². The summed E-state index contributed by atoms with van der Waals surface area (Å²) in [4.78, 5) is 16.8. The number of halogens is 1. The second-order valence-electron chi connectivity index (χ2n) is 5.97. The molecule has 2 aromatic carbocycles. The molecule has 0 aliphatic rings. The minimum Gasteiger partial charge on any atom is -0.495 e. The lowest BCUT2D eigenvalue weighted by molar-refractivity contribution is -0.113. The highest BCUT2D eigenvalue weighted by molar-refractivity contribution is 7.99. The van der Waals surface area contributed by atoms with Crippen molar-refractivity contribution in [3.05, 3.63) is 71.0 Å². The van der Waals surface area contributed by atoms with E-state index >= 15 is 0 Å². The number of methoxy groups -OCH3 is 1. The van der Waals surface area contributed by atoms with Crippen molar-refractivity contribution in [3.63, 3.8) is 0 Å². The third-order valence-corrected chi connectivity index (χ3v) is 5.14. The molecule has 0 saturated heterocycles. The number of ether oxygens (including phenoxy) is 1. The average Bonchev–Trinajstić information content (AvgIpc) is 3.09. The molecule has 0 saturated carbocycles. The molecule has 0 fully saturated rings. The molecule has 0 aliphatic carbocycles. The highest BCUT2D eigenvalue weighted by Crippen LogP contribution is 2.28. The zero-order chi connectivity index (χ0) is 19.9. The maximum Gasteiger partial charge on any atom is 0.234 e. The first kappa shape index (κ1) is 20.3. The first-order valence-electron chi connectivity index (χ1n) is 8.56. The molecule has 0 spiro atoms. The first-order chi connectivity index (χ1) is 13.6. The van der Waals surface area contributed by atoms with Crippen LogP contribution in [-0.2, 0) is 17.9 Å². The number of rotatable bonds is 8. The van der Waals surface area contributed by atoms with E-state index in [1.54, 1.807) is 24.4 Å². The van der Waals surface area contributed by atoms with Gasteiger partial charge in [-0.15, -0.1) is 0 Å². The summed E-state index contributed by atoms with van der Waals surface area (Å²) in [6, 6.07) is 15.0. The number of carbonyl (C=O) groups excluding carboxylic acids is 1. The lowest BCUT2D eigenvalue weighted by atomic mass is 10.2. The molecule has 0 bridgehead atoms. The fourth-order valence-electron chi connectivity index (χ4n) is 2.63. The molecular weight excluding hydrogens is 398 g/mol. The molecule has 3 rings (SSSR count). The van der Waals surface area contributed by atoms with Gasteiger partial charge in [-0.25, -0.2) is 4.98 Å². The zero-order valence-corrected chi connectivity index (χ0v) is 16.8. The van der Waals surface area contributed by atoms with Gasteiger partial charge in [0.2, 0.25) is 5.91 Å². The van der Waals surface area contributed by atoms with Crippen LogP contribution in [0.2, 0.25) is 5.02 Å². The molecule has 0 radical (unpaired) electrons. The summed E-state index contributed by atoms with van der Waals surface area (Å²) in [5, 5.41) is 13.4. The number of nitrogens with zero attached hydrogens (tertiary/aromatic N) is 2. The largest absolute Gasteiger partial charge is 0.495 e. The Morgan fingerprint density at radius 1 is 1.29 bits per heavy atom. The van der Waals surface area contributed by atoms with E-state index in [2.05, 4.69) is 10.3 Å². The van der Waals surface area contributed by atoms with Crippen LogP contribution in [0.15, 0.2) is 59.9 Å². The van der Waals surface area contributed by atoms with Crippen molar-refractivity contribution >= 4 is 35.0 Å². The lowest BCUT2D eigenvalue weighted by Crippen LogP contribution is -2.15. The molecule has 0 unspecified atom stereocenters. The Kier molecular flexibility index (Phi) is 6.97. The van der Waals surface area contributed by atoms with Crippen molar-refractivity contribution in [2.75, 3.05) is 18.2 Å². The predicted octanol–water partition coefficient (Wildman–Crippen LogP) is 3.82. The normalized spacial score (nSPS) is 10.7. The van der Waals surface area contributed by atoms with Crippen molar-refractivity contribution < 1.29 is 14.6 Å². The van der Waals surface area contributed by atoms with Crippen LogP contribution in [0.25, 0.3) is 0 Å². The molecule has 1 heterocycles. The number of hydrogen-bond donors (Lipinski definition) is 2. The fourth-order valence-corrected chi connectivity index (χ4v) is 3.60. The summed E-state index contributed by atoms with van der Waals surface area (Å²) in [6.45, 7) is 0.459. The number of hydrogen-bond acceptors (Lipinski definition) is 5. The van der Waals surface area contributed by atoms with Gasteiger partial charge in [0.15, 0.2) is 5.16 Å². The second kappa shape index (κ2) is 9.64. The van der Waals surface area contributed by atoms with Gasteiger partial charge >= 0.3 is 0 Å². The van der Waals surface area contributed by atoms with Gasteiger partial charge in [0, 0.05) is 17.8 Å². The molecule has 6 nitrogen and oxygen atoms in total. The van der Waals surface area contributed by atoms with E-state index in [0.717, 1.165) is 5.56 Å². The minimum absolute atomic E-state index is 0.152. The number of aliphatic hydroxyl groups is 1. The zero-order valence-electron chi connectivity index (χ0n) is 15.3. The van der Waals surface area contributed by atoms with E-state index in [1.807, 2.05) is 34.9 Å². The van der Waals surface area contributed by atoms with Gasteiger partial charge < -0.3 is 19.7 Å². The maximum atomic E-state index is 12.4. The highest BCUT2D eigenvalue weighted by Gasteiger charge is 2.13. The molecule has 0 aliphatic heterocycles. The summed E-state index contributed by atoms with van der Waals surface area (Å²) in [6.07, 6.45) is 1.80. The van der Waals surface area contributed by atoms with Gasteiger partial charge in [0.05, 0.1) is 30.9 Å². The highest BCUT2D eigenvalue weighted by atomic mass is 35.5. The summed E-state index contributed by atoms with van der Waals surface area (Å²) < 4.78 is 7.17. The molecule has 2 N–H and O–H groups in total. The van der Waals surface area contributed by atoms with Gasteiger partial charge in [0.25, 0.3) is 0 Å². The summed E-state index contributed by atoms with van der Waals surface area (Å²) in [7, 11) is 1.53. The Balaban J connectivity index is 1.68. The third-order valence-electron chi connectivity index (χ3n) is 3.92. The van der Waals surface area contributed by atoms with E-state index in [9.17, 15) is 9.90 Å². The molecule has 0 atom stereocenters. The van der Waals surface area contributed by atoms with Crippen molar-refractivity contribution in [2.24, 2.45) is 0 Å². The average molecular weight is 418 g/mol. The van der Waals surface area contributed by atoms with Gasteiger partial charge in [-0.2, -0.15) is 0 Å². The maximum absolute atomic E-state index is 12.4. The number of amides is 1. The number of anilines is 1. The number of carbonyl (C=O) groups is 1. The Morgan fingerprint density at radius 2 is 2.07 bits per heavy atom. The number of aliphatic hydroxyl groups excluding tert-OH is 1. The molecule has 1 aromatic heterocycles. The van der Waals surface area contributed by atoms with Gasteiger partial charge in [-0.05, 0) is 23.8 Å². The fraction of sp³-hybridized carbons (Fsp3) is 0.200. The molecule has 3 aromatic rings. The van der Waals surface area contributed by atoms with Gasteiger partial charge in [0.1, 0.15) is 5.75 Å². The van der Waals surface area contributed by atoms with Crippen molar-refractivity contribution in [1.29, 1.82) is 0 Å². The lowest BCUT2D eigenvalue weighted by Gasteiger charge is -2.11. The number of aromatic nitrogens is 2. The van der Waals surface area contributed by atoms with E-state index in [-0.39, 0.29) is 18.3 Å². The number of benzene rings is 2. The number of thioether (sulfide) groups is 1. The van der Waals surface area contributed by atoms with Gasteiger partial charge in [-0.1, -0.05) is 53.7 Å². The van der Waals surface area contributed by atoms with Crippen LogP contribution in [0.3, 0.4) is 0 Å². The second-order valence-corrected chi connectivity index (χ2v) is 7.35. The van der Waals surface area contributed by atoms with Crippen molar-refractivity contribution in [2.45, 2.75) is 18.3 Å². The molecule has 28 heavy (non-hydrogen) atoms. The van der Waals surface area contributed by atoms with Crippen LogP contribution in [0, 0.1) is 0 Å². The summed E-state index contributed by atoms with van der Waals surface area (Å²) >= 11 is 7.30. The third kappa shape index (κ3) is 5.28. The van der Waals surface area contributed by atoms with Crippen LogP contribution >= 0.6 is 23.4 Å². The molecule has 1 amide bonds. The van der Waals surface area contributed by atoms with Gasteiger partial charge in [-0.3, -0.25) is 4.79 Å². The van der Waals surface area contributed by atoms with Crippen LogP contribution in [-0.4, -0.2) is 33.4 Å². The standard InChI is InChI=1S/C20H20ClN3O3S/c1-27-18-8-7-15(21)9-17(18)23-19(26)13-28-20-22-16(12-25)11-24(20)10-14-5-3-2-4-6-14/h2-9,11,25H,10,12-13H2,1H3,(H,23,26). The number of imidazole rings is 1. The van der Waals surface area contributed by atoms with E-state index in [4.69, 9.17) is 16.3 Å². The molecule has 8 heteroatoms. The van der Waals surface area contributed by atoms with E-state index < -0.39 is 0 Å². The predicted molar refractivity (Wildman–Crippen MR) is 111 cm³/mol. The summed E-state index contributed by atoms with van der Waals surface area (Å²) in [5.41, 5.74) is 2.19. The van der Waals surface area contributed by atoms with Crippen LogP contribution in [0.1, 0.15) is 11.3 Å². The van der Waals surface area contributed by atoms with Crippen molar-refractivity contribution in [1.82, 2.24) is 9.55 Å². The quantitative estimate of drug-likeness (QED) is 0.545. The molecule has 146 valence electrons. The Bertz CT molecular complexity index is 947. The Morgan fingerprint density at radius 3 is 2.79 bits per heavy atom. The monoisotopic (exact) mass is 417 g/mol. The van der Waals surface area contributed by atoms with Crippen LogP contribution in [0.5, 0.6) is 5.75 Å². The topological polar surface area (TPSA) is 76.4 Å². The SMILES string of the molecule is COc1ccc(Cl)cc1NC(=O)CSc1nc(CO)cn1Cc1ccccc1. The smallest absolute Gasteiger partial charge is 0.234 e. The first-order valence-corrected chi connectivity index (χ1v) is 9.92. The van der Waals surface area contributed by atoms with Crippen molar-refractivity contribution in [3.8, 4) is 5.75 Å². The summed E-state index contributed by atoms with van der Waals surface area (Å²) in [5.74, 6) is 0.494. The minimum atomic E-state index is -0.203. The Hall–Kier alpha value is -2.48. The van der Waals surface area contributed by atoms with E-state index in [1.165, 1.54) is 18.9 Å².